The van der Waals surface area contributed by atoms with Crippen molar-refractivity contribution in [1.82, 2.24) is 0 Å². The third-order valence-electron chi connectivity index (χ3n) is 0.500. The van der Waals surface area contributed by atoms with Gasteiger partial charge in [0.2, 0.25) is 0 Å². The topological polar surface area (TPSA) is 268 Å². The number of hydrogen-bond acceptors (Lipinski definition) is 15. The van der Waals surface area contributed by atoms with Gasteiger partial charge in [-0.25, -0.2) is 0 Å². The summed E-state index contributed by atoms with van der Waals surface area (Å²) in [5.74, 6) is 0. The summed E-state index contributed by atoms with van der Waals surface area (Å²) >= 11 is 0. The Bertz CT molecular complexity index is 318. The third-order valence-corrected chi connectivity index (χ3v) is 0.500. The second kappa shape index (κ2) is 19.3. The van der Waals surface area contributed by atoms with Crippen LogP contribution in [0.4, 0.5) is 28.8 Å². The van der Waals surface area contributed by atoms with Gasteiger partial charge in [-0.3, -0.25) is 0 Å². The number of rotatable bonds is 0. The molecule has 0 aliphatic carbocycles. The molecular weight excluding hydrogens is 424 g/mol. The molecule has 2 radical (unpaired) electrons. The number of carbonyl (C=O) groups excluding carboxylic acids is 6. The van der Waals surface area contributed by atoms with E-state index in [2.05, 4.69) is 14.2 Å². The fourth-order valence-corrected chi connectivity index (χ4v) is 0.204. The van der Waals surface area contributed by atoms with E-state index in [1.54, 1.807) is 0 Å². The van der Waals surface area contributed by atoms with Gasteiger partial charge >= 0.3 is 34.1 Å². The zero-order valence-corrected chi connectivity index (χ0v) is 12.0. The van der Waals surface area contributed by atoms with Crippen molar-refractivity contribution in [2.75, 3.05) is 0 Å². The van der Waals surface area contributed by atoms with Crippen LogP contribution in [0.1, 0.15) is 0 Å². The van der Waals surface area contributed by atoms with Gasteiger partial charge in [-0.2, -0.15) is 0 Å². The molecule has 0 fully saturated rings. The number of carbonyl (C=O) groups is 6. The van der Waals surface area contributed by atoms with Crippen LogP contribution in [-0.4, -0.2) is 36.9 Å². The molecular formula is C6Fe2O15. The summed E-state index contributed by atoms with van der Waals surface area (Å²) in [6, 6.07) is 0. The molecule has 17 heteroatoms. The van der Waals surface area contributed by atoms with Crippen LogP contribution >= 0.6 is 0 Å². The molecule has 0 aromatic heterocycles. The Morgan fingerprint density at radius 3 is 0.478 bits per heavy atom. The molecule has 0 aliphatic heterocycles. The smallest absolute Gasteiger partial charge is 0.483 e. The Balaban J connectivity index is -0.0000000675. The maximum atomic E-state index is 9.06. The van der Waals surface area contributed by atoms with Gasteiger partial charge in [-0.05, 0) is 0 Å². The summed E-state index contributed by atoms with van der Waals surface area (Å²) in [7, 11) is 0. The quantitative estimate of drug-likeness (QED) is 0.151. The predicted molar refractivity (Wildman–Crippen MR) is 35.6 cm³/mol. The van der Waals surface area contributed by atoms with Gasteiger partial charge in [0.15, 0.2) is 0 Å². The van der Waals surface area contributed by atoms with Crippen LogP contribution in [0.3, 0.4) is 0 Å². The summed E-state index contributed by atoms with van der Waals surface area (Å²) in [6.07, 6.45) is -12.7. The van der Waals surface area contributed by atoms with Gasteiger partial charge in [0.25, 0.3) is 36.9 Å². The number of carboxylic acid groups (broad SMARTS) is 6. The average molecular weight is 424 g/mol. The zero-order chi connectivity index (χ0) is 17.6. The van der Waals surface area contributed by atoms with Crippen molar-refractivity contribution < 1.29 is 108 Å². The van der Waals surface area contributed by atoms with Gasteiger partial charge in [0, 0.05) is 0 Å². The largest absolute Gasteiger partial charge is 3.00 e. The molecule has 0 atom stereocenters. The molecule has 0 aliphatic rings. The fourth-order valence-electron chi connectivity index (χ4n) is 0.204. The number of ether oxygens (including phenoxy) is 3. The predicted octanol–water partition coefficient (Wildman–Crippen LogP) is -6.94. The Labute approximate surface area is 145 Å². The van der Waals surface area contributed by atoms with Gasteiger partial charge in [0.05, 0.1) is 0 Å². The molecule has 0 saturated carbocycles. The van der Waals surface area contributed by atoms with E-state index in [9.17, 15) is 0 Å². The second-order valence-corrected chi connectivity index (χ2v) is 1.81. The molecule has 0 amide bonds. The minimum absolute atomic E-state index is 0. The fraction of sp³-hybridized carbons (Fsp3) is 0. The molecule has 0 heterocycles. The summed E-state index contributed by atoms with van der Waals surface area (Å²) in [4.78, 5) is 54.3. The standard InChI is InChI=1S/3C2H2O5.2Fe/c3*3-1(4)7-2(5)6;;/h3*(H,3,4)(H,5,6);;/q;;;2*+3/p-6. The monoisotopic (exact) mass is 424 g/mol. The van der Waals surface area contributed by atoms with Gasteiger partial charge in [-0.1, -0.05) is 0 Å². The summed E-state index contributed by atoms with van der Waals surface area (Å²) in [5.41, 5.74) is 0. The van der Waals surface area contributed by atoms with E-state index in [1.165, 1.54) is 0 Å². The van der Waals surface area contributed by atoms with Crippen molar-refractivity contribution in [2.45, 2.75) is 0 Å². The maximum absolute atomic E-state index is 9.06. The van der Waals surface area contributed by atoms with Crippen LogP contribution in [0.2, 0.25) is 0 Å². The molecule has 0 aromatic carbocycles. The molecule has 0 saturated heterocycles. The van der Waals surface area contributed by atoms with E-state index >= 15 is 0 Å². The van der Waals surface area contributed by atoms with E-state index in [-0.39, 0.29) is 34.1 Å². The summed E-state index contributed by atoms with van der Waals surface area (Å²) < 4.78 is 8.58. The van der Waals surface area contributed by atoms with E-state index in [0.717, 1.165) is 0 Å². The van der Waals surface area contributed by atoms with Crippen LogP contribution in [0, 0.1) is 0 Å². The minimum atomic E-state index is -2.12. The molecule has 130 valence electrons. The van der Waals surface area contributed by atoms with Crippen molar-refractivity contribution in [3.63, 3.8) is 0 Å². The Kier molecular flexibility index (Phi) is 27.0. The maximum Gasteiger partial charge on any atom is 3.00 e. The molecule has 0 unspecified atom stereocenters. The van der Waals surface area contributed by atoms with Crippen molar-refractivity contribution in [1.29, 1.82) is 0 Å². The molecule has 0 bridgehead atoms. The summed E-state index contributed by atoms with van der Waals surface area (Å²) in [6.45, 7) is 0. The average Bonchev–Trinajstić information content (AvgIpc) is 2.10. The zero-order valence-electron chi connectivity index (χ0n) is 9.83. The first kappa shape index (κ1) is 32.3. The van der Waals surface area contributed by atoms with Gasteiger partial charge < -0.3 is 73.6 Å². The third kappa shape index (κ3) is 66.9. The van der Waals surface area contributed by atoms with E-state index in [4.69, 9.17) is 59.4 Å². The van der Waals surface area contributed by atoms with Crippen LogP contribution in [0.15, 0.2) is 0 Å². The Morgan fingerprint density at radius 2 is 0.478 bits per heavy atom. The molecule has 0 rings (SSSR count). The first-order chi connectivity index (χ1) is 9.38. The normalized spacial score (nSPS) is 6.78. The minimum Gasteiger partial charge on any atom is -0.483 e. The first-order valence-electron chi connectivity index (χ1n) is 3.67. The Morgan fingerprint density at radius 1 is 0.391 bits per heavy atom. The van der Waals surface area contributed by atoms with Crippen molar-refractivity contribution in [3.8, 4) is 0 Å². The molecule has 0 N–H and O–H groups in total. The van der Waals surface area contributed by atoms with Gasteiger partial charge in [0.1, 0.15) is 0 Å². The SMILES string of the molecule is O=C([O-])OC(=O)[O-].O=C([O-])OC(=O)[O-].O=C([O-])OC(=O)[O-].[Fe+3].[Fe+3]. The van der Waals surface area contributed by atoms with E-state index in [0.29, 0.717) is 0 Å². The second-order valence-electron chi connectivity index (χ2n) is 1.81. The first-order valence-corrected chi connectivity index (χ1v) is 3.67. The van der Waals surface area contributed by atoms with E-state index < -0.39 is 36.9 Å². The van der Waals surface area contributed by atoms with Crippen LogP contribution < -0.4 is 30.6 Å². The summed E-state index contributed by atoms with van der Waals surface area (Å²) in [5, 5.41) is 54.3. The van der Waals surface area contributed by atoms with Crippen molar-refractivity contribution in [2.24, 2.45) is 0 Å². The number of hydrogen-bond donors (Lipinski definition) is 0. The molecule has 23 heavy (non-hydrogen) atoms. The molecule has 15 nitrogen and oxygen atoms in total. The van der Waals surface area contributed by atoms with E-state index in [1.807, 2.05) is 0 Å². The van der Waals surface area contributed by atoms with Crippen LogP contribution in [-0.2, 0) is 48.3 Å². The Hall–Kier alpha value is -2.74. The van der Waals surface area contributed by atoms with Crippen LogP contribution in [0.25, 0.3) is 0 Å². The van der Waals surface area contributed by atoms with Crippen molar-refractivity contribution >= 4 is 36.9 Å². The van der Waals surface area contributed by atoms with Gasteiger partial charge in [-0.15, -0.1) is 0 Å². The molecule has 0 spiro atoms. The van der Waals surface area contributed by atoms with Crippen LogP contribution in [0.5, 0.6) is 0 Å². The molecule has 0 aromatic rings. The van der Waals surface area contributed by atoms with Crippen molar-refractivity contribution in [3.05, 3.63) is 0 Å².